The Morgan fingerprint density at radius 1 is 0.864 bits per heavy atom. The first-order valence-corrected chi connectivity index (χ1v) is 9.89. The molecule has 1 unspecified atom stereocenters. The molecule has 0 amide bonds. The van der Waals surface area contributed by atoms with E-state index in [1.54, 1.807) is 0 Å². The standard InChI is InChI=1S/C19H34O2S/c1-2-3-4-5-6-7-8-9-10-11-12-13-14-15-17-16-18(20)21-19(17)22/h17H,2-16H2,1H3. The molecular formula is C19H34O2S. The molecule has 1 saturated heterocycles. The molecule has 0 N–H and O–H groups in total. The first-order chi connectivity index (χ1) is 10.7. The predicted octanol–water partition coefficient (Wildman–Crippen LogP) is 6.36. The van der Waals surface area contributed by atoms with Crippen LogP contribution in [0.5, 0.6) is 0 Å². The first kappa shape index (κ1) is 19.6. The fourth-order valence-corrected chi connectivity index (χ4v) is 3.44. The van der Waals surface area contributed by atoms with E-state index < -0.39 is 0 Å². The molecule has 0 bridgehead atoms. The molecule has 2 nitrogen and oxygen atoms in total. The topological polar surface area (TPSA) is 26.3 Å². The number of ether oxygens (including phenoxy) is 1. The van der Waals surface area contributed by atoms with E-state index in [1.807, 2.05) is 0 Å². The third-order valence-corrected chi connectivity index (χ3v) is 5.03. The maximum atomic E-state index is 11.1. The molecule has 1 heterocycles. The zero-order valence-electron chi connectivity index (χ0n) is 14.4. The van der Waals surface area contributed by atoms with Crippen LogP contribution in [0.4, 0.5) is 0 Å². The highest BCUT2D eigenvalue weighted by atomic mass is 32.1. The van der Waals surface area contributed by atoms with Crippen molar-refractivity contribution in [2.75, 3.05) is 0 Å². The van der Waals surface area contributed by atoms with E-state index >= 15 is 0 Å². The lowest BCUT2D eigenvalue weighted by Gasteiger charge is -2.06. The number of unbranched alkanes of at least 4 members (excludes halogenated alkanes) is 12. The van der Waals surface area contributed by atoms with E-state index in [0.29, 0.717) is 11.5 Å². The Morgan fingerprint density at radius 3 is 1.73 bits per heavy atom. The minimum absolute atomic E-state index is 0.135. The van der Waals surface area contributed by atoms with Crippen molar-refractivity contribution in [1.29, 1.82) is 0 Å². The summed E-state index contributed by atoms with van der Waals surface area (Å²) in [5, 5.41) is 0.531. The normalized spacial score (nSPS) is 18.0. The van der Waals surface area contributed by atoms with Crippen molar-refractivity contribution in [3.63, 3.8) is 0 Å². The molecular weight excluding hydrogens is 292 g/mol. The molecule has 1 atom stereocenters. The van der Waals surface area contributed by atoms with Crippen LogP contribution in [-0.2, 0) is 9.53 Å². The van der Waals surface area contributed by atoms with Crippen LogP contribution in [-0.4, -0.2) is 11.0 Å². The number of hydrogen-bond acceptors (Lipinski definition) is 3. The SMILES string of the molecule is CCCCCCCCCCCCCCCC1CC(=O)OC1=S. The van der Waals surface area contributed by atoms with Gasteiger partial charge < -0.3 is 4.74 Å². The number of carbonyl (C=O) groups excluding carboxylic acids is 1. The van der Waals surface area contributed by atoms with Gasteiger partial charge in [-0.3, -0.25) is 4.79 Å². The van der Waals surface area contributed by atoms with Crippen molar-refractivity contribution in [3.05, 3.63) is 0 Å². The van der Waals surface area contributed by atoms with E-state index in [4.69, 9.17) is 17.0 Å². The van der Waals surface area contributed by atoms with Crippen molar-refractivity contribution in [2.45, 2.75) is 103 Å². The number of thiocarbonyl (C=S) groups is 1. The molecule has 0 aliphatic carbocycles. The summed E-state index contributed by atoms with van der Waals surface area (Å²) in [4.78, 5) is 11.1. The number of carbonyl (C=O) groups is 1. The summed E-state index contributed by atoms with van der Waals surface area (Å²) in [5.41, 5.74) is 0. The number of cyclic esters (lactones) is 1. The minimum Gasteiger partial charge on any atom is -0.419 e. The third-order valence-electron chi connectivity index (χ3n) is 4.62. The van der Waals surface area contributed by atoms with Gasteiger partial charge in [-0.1, -0.05) is 90.4 Å². The first-order valence-electron chi connectivity index (χ1n) is 9.48. The van der Waals surface area contributed by atoms with Crippen molar-refractivity contribution < 1.29 is 9.53 Å². The molecule has 0 saturated carbocycles. The monoisotopic (exact) mass is 326 g/mol. The fourth-order valence-electron chi connectivity index (χ4n) is 3.15. The summed E-state index contributed by atoms with van der Waals surface area (Å²) in [7, 11) is 0. The van der Waals surface area contributed by atoms with Crippen LogP contribution < -0.4 is 0 Å². The van der Waals surface area contributed by atoms with E-state index in [-0.39, 0.29) is 11.9 Å². The van der Waals surface area contributed by atoms with E-state index in [9.17, 15) is 4.79 Å². The molecule has 3 heteroatoms. The van der Waals surface area contributed by atoms with Gasteiger partial charge in [-0.15, -0.1) is 0 Å². The molecule has 1 aliphatic rings. The Labute approximate surface area is 142 Å². The Balaban J connectivity index is 1.77. The Hall–Kier alpha value is -0.440. The lowest BCUT2D eigenvalue weighted by atomic mass is 9.99. The van der Waals surface area contributed by atoms with Gasteiger partial charge in [0.25, 0.3) is 0 Å². The van der Waals surface area contributed by atoms with Gasteiger partial charge in [-0.2, -0.15) is 0 Å². The van der Waals surface area contributed by atoms with E-state index in [1.165, 1.54) is 83.5 Å². The third kappa shape index (κ3) is 9.55. The lowest BCUT2D eigenvalue weighted by Crippen LogP contribution is -2.04. The average Bonchev–Trinajstić information content (AvgIpc) is 2.82. The quantitative estimate of drug-likeness (QED) is 0.211. The van der Waals surface area contributed by atoms with Crippen LogP contribution in [0.2, 0.25) is 0 Å². The second-order valence-electron chi connectivity index (χ2n) is 6.73. The highest BCUT2D eigenvalue weighted by Crippen LogP contribution is 2.23. The number of esters is 1. The van der Waals surface area contributed by atoms with Crippen LogP contribution >= 0.6 is 12.2 Å². The van der Waals surface area contributed by atoms with Gasteiger partial charge in [-0.05, 0) is 18.6 Å². The van der Waals surface area contributed by atoms with Gasteiger partial charge in [0.15, 0.2) is 5.05 Å². The zero-order valence-corrected chi connectivity index (χ0v) is 15.2. The second kappa shape index (κ2) is 13.0. The zero-order chi connectivity index (χ0) is 16.0. The largest absolute Gasteiger partial charge is 0.419 e. The van der Waals surface area contributed by atoms with Crippen molar-refractivity contribution in [1.82, 2.24) is 0 Å². The van der Waals surface area contributed by atoms with Crippen LogP contribution in [0.15, 0.2) is 0 Å². The second-order valence-corrected chi connectivity index (χ2v) is 7.13. The number of hydrogen-bond donors (Lipinski definition) is 0. The van der Waals surface area contributed by atoms with E-state index in [2.05, 4.69) is 6.92 Å². The minimum atomic E-state index is -0.135. The maximum absolute atomic E-state index is 11.1. The molecule has 1 aliphatic heterocycles. The number of rotatable bonds is 14. The van der Waals surface area contributed by atoms with Crippen molar-refractivity contribution in [2.24, 2.45) is 5.92 Å². The smallest absolute Gasteiger partial charge is 0.312 e. The Kier molecular flexibility index (Phi) is 11.6. The molecule has 128 valence electrons. The van der Waals surface area contributed by atoms with E-state index in [0.717, 1.165) is 6.42 Å². The highest BCUT2D eigenvalue weighted by molar-refractivity contribution is 7.80. The summed E-state index contributed by atoms with van der Waals surface area (Å²) < 4.78 is 4.93. The van der Waals surface area contributed by atoms with Gasteiger partial charge in [-0.25, -0.2) is 0 Å². The molecule has 0 aromatic rings. The van der Waals surface area contributed by atoms with Crippen LogP contribution in [0.25, 0.3) is 0 Å². The molecule has 0 aromatic heterocycles. The summed E-state index contributed by atoms with van der Waals surface area (Å²) in [5.74, 6) is 0.0832. The molecule has 0 spiro atoms. The molecule has 22 heavy (non-hydrogen) atoms. The predicted molar refractivity (Wildman–Crippen MR) is 97.1 cm³/mol. The molecule has 1 fully saturated rings. The Bertz CT molecular complexity index is 315. The summed E-state index contributed by atoms with van der Waals surface area (Å²) >= 11 is 5.07. The molecule has 1 rings (SSSR count). The maximum Gasteiger partial charge on any atom is 0.312 e. The van der Waals surface area contributed by atoms with Gasteiger partial charge in [0.05, 0.1) is 6.42 Å². The van der Waals surface area contributed by atoms with Crippen LogP contribution in [0.1, 0.15) is 103 Å². The molecule has 0 aromatic carbocycles. The Morgan fingerprint density at radius 2 is 1.32 bits per heavy atom. The highest BCUT2D eigenvalue weighted by Gasteiger charge is 2.28. The van der Waals surface area contributed by atoms with Gasteiger partial charge in [0.2, 0.25) is 0 Å². The van der Waals surface area contributed by atoms with Crippen molar-refractivity contribution in [3.8, 4) is 0 Å². The van der Waals surface area contributed by atoms with Crippen molar-refractivity contribution >= 4 is 23.2 Å². The molecule has 0 radical (unpaired) electrons. The van der Waals surface area contributed by atoms with Crippen LogP contribution in [0.3, 0.4) is 0 Å². The lowest BCUT2D eigenvalue weighted by molar-refractivity contribution is -0.133. The fraction of sp³-hybridized carbons (Fsp3) is 0.895. The van der Waals surface area contributed by atoms with Crippen LogP contribution in [0, 0.1) is 5.92 Å². The van der Waals surface area contributed by atoms with Gasteiger partial charge in [0, 0.05) is 5.92 Å². The summed E-state index contributed by atoms with van der Waals surface area (Å²) in [6.45, 7) is 2.27. The summed E-state index contributed by atoms with van der Waals surface area (Å²) in [6, 6.07) is 0. The summed E-state index contributed by atoms with van der Waals surface area (Å²) in [6.07, 6.45) is 19.4. The van der Waals surface area contributed by atoms with Gasteiger partial charge >= 0.3 is 5.97 Å². The van der Waals surface area contributed by atoms with Gasteiger partial charge in [0.1, 0.15) is 0 Å². The average molecular weight is 327 g/mol.